The molecule has 0 aliphatic heterocycles. The van der Waals surface area contributed by atoms with E-state index in [1.54, 1.807) is 60.7 Å². The molecule has 0 radical (unpaired) electrons. The number of carbonyl (C=O) groups excluding carboxylic acids is 2. The van der Waals surface area contributed by atoms with Gasteiger partial charge in [0.2, 0.25) is 0 Å². The quantitative estimate of drug-likeness (QED) is 0.0631. The number of carboxylic acid groups (broad SMARTS) is 3. The molecule has 0 unspecified atom stereocenters. The van der Waals surface area contributed by atoms with Crippen LogP contribution in [-0.4, -0.2) is 105 Å². The molecular formula is C29H29N7O12. The molecule has 0 aliphatic carbocycles. The Bertz CT molecular complexity index is 1620. The standard InChI is InChI=1S/C15H15N3O6.C14H14N4O6/c19-12(15(23)24)9(6-8-4-2-1-3-5-8)16-13(20)10-7-11(14(21)22)18-17-10;19-12(14(21)22)9(6-8-4-2-1-3-5-8)15-13(20)10-7-11(17-16-10)18(23)24/h1-5,7,9,12,19H,6H2,(H,16,20)(H,17,18)(H,21,22)(H,23,24);1-5,7,9,12,19H,6H2,(H,15,20)(H,16,17)(H,21,22)/t2*9-,12-/m11/s1. The highest BCUT2D eigenvalue weighted by Crippen LogP contribution is 2.12. The molecule has 2 aromatic heterocycles. The third kappa shape index (κ3) is 10.3. The van der Waals surface area contributed by atoms with Gasteiger partial charge in [0.1, 0.15) is 5.69 Å². The van der Waals surface area contributed by atoms with Crippen molar-refractivity contribution >= 4 is 35.5 Å². The zero-order chi connectivity index (χ0) is 35.4. The average Bonchev–Trinajstić information content (AvgIpc) is 3.76. The number of aliphatic hydroxyl groups is 2. The van der Waals surface area contributed by atoms with Gasteiger partial charge in [-0.1, -0.05) is 65.8 Å². The fourth-order valence-corrected chi connectivity index (χ4v) is 4.12. The second kappa shape index (κ2) is 16.7. The van der Waals surface area contributed by atoms with E-state index in [0.717, 1.165) is 17.7 Å². The molecule has 48 heavy (non-hydrogen) atoms. The maximum absolute atomic E-state index is 12.1. The number of aromatic carboxylic acids is 1. The number of nitro groups is 1. The first kappa shape index (κ1) is 36.0. The van der Waals surface area contributed by atoms with Gasteiger partial charge in [-0.3, -0.25) is 14.7 Å². The predicted octanol–water partition coefficient (Wildman–Crippen LogP) is -0.001000. The molecule has 0 fully saturated rings. The van der Waals surface area contributed by atoms with Crippen molar-refractivity contribution < 1.29 is 54.4 Å². The maximum atomic E-state index is 12.1. The van der Waals surface area contributed by atoms with Crippen molar-refractivity contribution in [3.8, 4) is 0 Å². The number of carbonyl (C=O) groups is 5. The summed E-state index contributed by atoms with van der Waals surface area (Å²) < 4.78 is 0. The van der Waals surface area contributed by atoms with Crippen molar-refractivity contribution in [3.63, 3.8) is 0 Å². The minimum Gasteiger partial charge on any atom is -0.479 e. The Hall–Kier alpha value is -6.47. The summed E-state index contributed by atoms with van der Waals surface area (Å²) in [5.41, 5.74) is 0.645. The predicted molar refractivity (Wildman–Crippen MR) is 161 cm³/mol. The van der Waals surface area contributed by atoms with Crippen LogP contribution in [0.4, 0.5) is 5.82 Å². The van der Waals surface area contributed by atoms with Crippen LogP contribution in [0.2, 0.25) is 0 Å². The number of benzene rings is 2. The second-order valence-corrected chi connectivity index (χ2v) is 9.97. The van der Waals surface area contributed by atoms with Crippen LogP contribution in [0.1, 0.15) is 42.6 Å². The van der Waals surface area contributed by atoms with Gasteiger partial charge in [0.05, 0.1) is 18.2 Å². The summed E-state index contributed by atoms with van der Waals surface area (Å²) in [6.07, 6.45) is -3.53. The van der Waals surface area contributed by atoms with Crippen LogP contribution in [0.25, 0.3) is 0 Å². The fraction of sp³-hybridized carbons (Fsp3) is 0.207. The van der Waals surface area contributed by atoms with Crippen LogP contribution in [0.3, 0.4) is 0 Å². The number of nitrogens with zero attached hydrogens (tertiary/aromatic N) is 3. The average molecular weight is 668 g/mol. The van der Waals surface area contributed by atoms with Gasteiger partial charge >= 0.3 is 23.7 Å². The summed E-state index contributed by atoms with van der Waals surface area (Å²) in [5, 5.41) is 72.9. The molecule has 4 atom stereocenters. The number of nitrogens with one attached hydrogen (secondary N) is 4. The van der Waals surface area contributed by atoms with E-state index in [0.29, 0.717) is 5.56 Å². The zero-order valence-corrected chi connectivity index (χ0v) is 24.6. The number of aliphatic hydroxyl groups excluding tert-OH is 2. The lowest BCUT2D eigenvalue weighted by molar-refractivity contribution is -0.389. The largest absolute Gasteiger partial charge is 0.479 e. The monoisotopic (exact) mass is 667 g/mol. The van der Waals surface area contributed by atoms with Gasteiger partial charge in [-0.05, 0) is 28.9 Å². The maximum Gasteiger partial charge on any atom is 0.353 e. The Balaban J connectivity index is 0.000000260. The number of rotatable bonds is 14. The molecule has 19 nitrogen and oxygen atoms in total. The molecule has 0 bridgehead atoms. The summed E-state index contributed by atoms with van der Waals surface area (Å²) in [7, 11) is 0. The Morgan fingerprint density at radius 3 is 1.48 bits per heavy atom. The number of amides is 2. The SMILES string of the molecule is O=C(N[C@H](Cc1ccccc1)[C@@H](O)C(=O)O)c1cc(C(=O)O)[nH]n1.O=C(N[C@H](Cc1ccccc1)[C@@H](O)C(=O)O)c1cc([N+](=O)[O-])[nH]n1. The first-order valence-corrected chi connectivity index (χ1v) is 13.8. The third-order valence-corrected chi connectivity index (χ3v) is 6.53. The lowest BCUT2D eigenvalue weighted by atomic mass is 10.0. The van der Waals surface area contributed by atoms with E-state index in [9.17, 15) is 44.3 Å². The van der Waals surface area contributed by atoms with Crippen molar-refractivity contribution in [1.29, 1.82) is 0 Å². The van der Waals surface area contributed by atoms with Crippen LogP contribution in [-0.2, 0) is 22.4 Å². The number of H-pyrrole nitrogens is 2. The summed E-state index contributed by atoms with van der Waals surface area (Å²) in [6, 6.07) is 17.1. The van der Waals surface area contributed by atoms with Crippen LogP contribution in [0.5, 0.6) is 0 Å². The molecule has 2 amide bonds. The van der Waals surface area contributed by atoms with Gasteiger partial charge in [0, 0.05) is 6.07 Å². The van der Waals surface area contributed by atoms with Crippen molar-refractivity contribution in [2.45, 2.75) is 37.1 Å². The number of hydrogen-bond acceptors (Lipinski definition) is 11. The van der Waals surface area contributed by atoms with Crippen molar-refractivity contribution in [2.24, 2.45) is 0 Å². The third-order valence-electron chi connectivity index (χ3n) is 6.53. The molecule has 9 N–H and O–H groups in total. The summed E-state index contributed by atoms with van der Waals surface area (Å²) in [4.78, 5) is 66.9. The van der Waals surface area contributed by atoms with E-state index in [-0.39, 0.29) is 29.9 Å². The van der Waals surface area contributed by atoms with Crippen molar-refractivity contribution in [3.05, 3.63) is 111 Å². The zero-order valence-electron chi connectivity index (χ0n) is 24.6. The van der Waals surface area contributed by atoms with Crippen molar-refractivity contribution in [1.82, 2.24) is 31.0 Å². The molecule has 252 valence electrons. The molecule has 0 saturated heterocycles. The lowest BCUT2D eigenvalue weighted by Gasteiger charge is -2.21. The van der Waals surface area contributed by atoms with Gasteiger partial charge in [-0.2, -0.15) is 5.10 Å². The number of carboxylic acids is 3. The van der Waals surface area contributed by atoms with Crippen LogP contribution in [0, 0.1) is 10.1 Å². The van der Waals surface area contributed by atoms with Gasteiger partial charge in [0.15, 0.2) is 23.6 Å². The Morgan fingerprint density at radius 2 is 1.12 bits per heavy atom. The van der Waals surface area contributed by atoms with Crippen molar-refractivity contribution in [2.75, 3.05) is 0 Å². The highest BCUT2D eigenvalue weighted by atomic mass is 16.6. The van der Waals surface area contributed by atoms with E-state index in [2.05, 4.69) is 31.0 Å². The van der Waals surface area contributed by atoms with Crippen LogP contribution in [0.15, 0.2) is 72.8 Å². The minimum atomic E-state index is -1.84. The molecule has 2 heterocycles. The lowest BCUT2D eigenvalue weighted by Crippen LogP contribution is -2.48. The molecule has 4 rings (SSSR count). The highest BCUT2D eigenvalue weighted by molar-refractivity contribution is 5.96. The van der Waals surface area contributed by atoms with E-state index < -0.39 is 64.8 Å². The number of aromatic nitrogens is 4. The van der Waals surface area contributed by atoms with E-state index in [1.165, 1.54) is 0 Å². The fourth-order valence-electron chi connectivity index (χ4n) is 4.12. The van der Waals surface area contributed by atoms with Crippen LogP contribution >= 0.6 is 0 Å². The minimum absolute atomic E-state index is 0.0621. The summed E-state index contributed by atoms with van der Waals surface area (Å²) >= 11 is 0. The summed E-state index contributed by atoms with van der Waals surface area (Å²) in [6.45, 7) is 0. The first-order valence-electron chi connectivity index (χ1n) is 13.8. The van der Waals surface area contributed by atoms with E-state index in [1.807, 2.05) is 0 Å². The molecule has 0 aliphatic rings. The van der Waals surface area contributed by atoms with Gasteiger partial charge in [0.25, 0.3) is 11.8 Å². The molecule has 19 heteroatoms. The molecule has 4 aromatic rings. The molecule has 2 aromatic carbocycles. The first-order chi connectivity index (χ1) is 22.8. The number of aliphatic carboxylic acids is 2. The van der Waals surface area contributed by atoms with E-state index >= 15 is 0 Å². The number of hydrogen-bond donors (Lipinski definition) is 9. The highest BCUT2D eigenvalue weighted by Gasteiger charge is 2.30. The van der Waals surface area contributed by atoms with Gasteiger partial charge in [-0.25, -0.2) is 14.4 Å². The van der Waals surface area contributed by atoms with Gasteiger partial charge in [-0.15, -0.1) is 5.10 Å². The van der Waals surface area contributed by atoms with E-state index in [4.69, 9.17) is 15.3 Å². The Kier molecular flexibility index (Phi) is 12.5. The van der Waals surface area contributed by atoms with Crippen LogP contribution < -0.4 is 10.6 Å². The second-order valence-electron chi connectivity index (χ2n) is 9.97. The molecule has 0 saturated carbocycles. The van der Waals surface area contributed by atoms with Gasteiger partial charge < -0.3 is 46.3 Å². The topological polar surface area (TPSA) is 311 Å². The number of aromatic amines is 2. The molecular weight excluding hydrogens is 638 g/mol. The molecule has 0 spiro atoms. The normalized spacial score (nSPS) is 13.0. The Morgan fingerprint density at radius 1 is 0.708 bits per heavy atom. The Labute approximate surface area is 269 Å². The smallest absolute Gasteiger partial charge is 0.353 e. The summed E-state index contributed by atoms with van der Waals surface area (Å²) in [5.74, 6) is -6.36.